The van der Waals surface area contributed by atoms with E-state index in [-0.39, 0.29) is 29.2 Å². The third-order valence-corrected chi connectivity index (χ3v) is 7.18. The fourth-order valence-electron chi connectivity index (χ4n) is 4.65. The molecule has 1 aromatic heterocycles. The van der Waals surface area contributed by atoms with Crippen LogP contribution in [0.3, 0.4) is 0 Å². The summed E-state index contributed by atoms with van der Waals surface area (Å²) in [4.78, 5) is 42.1. The van der Waals surface area contributed by atoms with Gasteiger partial charge in [0.25, 0.3) is 5.56 Å². The SMILES string of the molecule is C=C1c2c(c(C)c(=O)n(C)c2Nc2ccc(I)cc2F)N(c2cccc(NC(C)=O)c2)C(=O)N1C1CC1. The number of halogens is 2. The molecule has 2 aromatic carbocycles. The normalized spacial score (nSPS) is 15.1. The highest BCUT2D eigenvalue weighted by atomic mass is 127. The topological polar surface area (TPSA) is 86.7 Å². The van der Waals surface area contributed by atoms with Gasteiger partial charge in [0.1, 0.15) is 11.6 Å². The van der Waals surface area contributed by atoms with E-state index in [0.29, 0.717) is 39.7 Å². The van der Waals surface area contributed by atoms with E-state index >= 15 is 0 Å². The van der Waals surface area contributed by atoms with E-state index in [9.17, 15) is 18.8 Å². The number of amides is 3. The lowest BCUT2D eigenvalue weighted by Gasteiger charge is -2.40. The van der Waals surface area contributed by atoms with Gasteiger partial charge in [0.15, 0.2) is 0 Å². The van der Waals surface area contributed by atoms with Crippen LogP contribution in [-0.2, 0) is 11.8 Å². The van der Waals surface area contributed by atoms with E-state index in [1.807, 2.05) is 22.6 Å². The van der Waals surface area contributed by atoms with E-state index in [2.05, 4.69) is 17.2 Å². The number of nitrogens with zero attached hydrogens (tertiary/aromatic N) is 3. The Morgan fingerprint density at radius 1 is 1.16 bits per heavy atom. The largest absolute Gasteiger partial charge is 0.339 e. The summed E-state index contributed by atoms with van der Waals surface area (Å²) in [6, 6.07) is 11.3. The number of rotatable bonds is 5. The number of benzene rings is 2. The van der Waals surface area contributed by atoms with Crippen molar-refractivity contribution in [2.45, 2.75) is 32.7 Å². The maximum atomic E-state index is 14.9. The van der Waals surface area contributed by atoms with Gasteiger partial charge in [-0.15, -0.1) is 0 Å². The van der Waals surface area contributed by atoms with E-state index < -0.39 is 5.82 Å². The number of nitrogens with one attached hydrogen (secondary N) is 2. The maximum Gasteiger partial charge on any atom is 0.333 e. The molecule has 5 rings (SSSR count). The van der Waals surface area contributed by atoms with Crippen LogP contribution in [0.5, 0.6) is 0 Å². The third-order valence-electron chi connectivity index (χ3n) is 6.51. The number of carbonyl (C=O) groups is 2. The van der Waals surface area contributed by atoms with E-state index in [4.69, 9.17) is 0 Å². The first-order valence-corrected chi connectivity index (χ1v) is 12.8. The minimum atomic E-state index is -0.468. The molecule has 0 spiro atoms. The molecule has 0 radical (unpaired) electrons. The molecule has 2 aliphatic rings. The summed E-state index contributed by atoms with van der Waals surface area (Å²) in [6.45, 7) is 7.32. The number of hydrogen-bond acceptors (Lipinski definition) is 4. The number of fused-ring (bicyclic) bond motifs is 1. The monoisotopic (exact) mass is 613 g/mol. The number of anilines is 5. The van der Waals surface area contributed by atoms with Crippen LogP contribution in [0.2, 0.25) is 0 Å². The summed E-state index contributed by atoms with van der Waals surface area (Å²) in [7, 11) is 1.61. The second-order valence-electron chi connectivity index (χ2n) is 9.21. The molecule has 2 heterocycles. The minimum Gasteiger partial charge on any atom is -0.339 e. The average molecular weight is 613 g/mol. The zero-order valence-electron chi connectivity index (χ0n) is 20.6. The smallest absolute Gasteiger partial charge is 0.333 e. The van der Waals surface area contributed by atoms with Crippen molar-refractivity contribution in [2.75, 3.05) is 15.5 Å². The first-order valence-electron chi connectivity index (χ1n) is 11.7. The lowest BCUT2D eigenvalue weighted by atomic mass is 10.0. The number of pyridine rings is 1. The number of carbonyl (C=O) groups excluding carboxylic acids is 2. The van der Waals surface area contributed by atoms with Crippen LogP contribution >= 0.6 is 22.6 Å². The van der Waals surface area contributed by atoms with Crippen molar-refractivity contribution in [2.24, 2.45) is 7.05 Å². The minimum absolute atomic E-state index is 0.0189. The number of aromatic nitrogens is 1. The summed E-state index contributed by atoms with van der Waals surface area (Å²) >= 11 is 2.03. The maximum absolute atomic E-state index is 14.9. The molecule has 0 saturated heterocycles. The lowest BCUT2D eigenvalue weighted by Crippen LogP contribution is -2.46. The second kappa shape index (κ2) is 9.33. The Hall–Kier alpha value is -3.67. The Morgan fingerprint density at radius 2 is 1.89 bits per heavy atom. The summed E-state index contributed by atoms with van der Waals surface area (Å²) in [6.07, 6.45) is 1.66. The van der Waals surface area contributed by atoms with Gasteiger partial charge in [-0.3, -0.25) is 24.0 Å². The van der Waals surface area contributed by atoms with Crippen molar-refractivity contribution in [3.63, 3.8) is 0 Å². The summed E-state index contributed by atoms with van der Waals surface area (Å²) < 4.78 is 17.0. The van der Waals surface area contributed by atoms with Crippen LogP contribution in [0.4, 0.5) is 37.8 Å². The predicted octanol–water partition coefficient (Wildman–Crippen LogP) is 5.85. The molecule has 0 atom stereocenters. The zero-order valence-corrected chi connectivity index (χ0v) is 22.7. The fraction of sp³-hybridized carbons (Fsp3) is 0.222. The molecule has 190 valence electrons. The van der Waals surface area contributed by atoms with Crippen LogP contribution in [-0.4, -0.2) is 27.4 Å². The van der Waals surface area contributed by atoms with Crippen LogP contribution in [0, 0.1) is 16.3 Å². The Bertz CT molecular complexity index is 1550. The lowest BCUT2D eigenvalue weighted by molar-refractivity contribution is -0.114. The van der Waals surface area contributed by atoms with Crippen molar-refractivity contribution in [3.8, 4) is 0 Å². The predicted molar refractivity (Wildman–Crippen MR) is 151 cm³/mol. The number of urea groups is 1. The van der Waals surface area contributed by atoms with Gasteiger partial charge in [-0.2, -0.15) is 0 Å². The van der Waals surface area contributed by atoms with Crippen molar-refractivity contribution in [3.05, 3.63) is 79.9 Å². The Balaban J connectivity index is 1.76. The van der Waals surface area contributed by atoms with Crippen molar-refractivity contribution in [1.82, 2.24) is 9.47 Å². The molecule has 2 N–H and O–H groups in total. The molecule has 0 unspecified atom stereocenters. The fourth-order valence-corrected chi connectivity index (χ4v) is 5.11. The molecule has 1 saturated carbocycles. The molecule has 3 aromatic rings. The summed E-state index contributed by atoms with van der Waals surface area (Å²) in [5, 5.41) is 5.84. The van der Waals surface area contributed by atoms with Gasteiger partial charge in [0.2, 0.25) is 5.91 Å². The Labute approximate surface area is 226 Å². The van der Waals surface area contributed by atoms with Gasteiger partial charge in [0.05, 0.1) is 28.3 Å². The quantitative estimate of drug-likeness (QED) is 0.354. The molecule has 37 heavy (non-hydrogen) atoms. The molecule has 3 amide bonds. The first kappa shape index (κ1) is 25.0. The molecule has 10 heteroatoms. The van der Waals surface area contributed by atoms with Gasteiger partial charge in [-0.25, -0.2) is 9.18 Å². The Morgan fingerprint density at radius 3 is 2.54 bits per heavy atom. The van der Waals surface area contributed by atoms with E-state index in [1.54, 1.807) is 55.3 Å². The van der Waals surface area contributed by atoms with Gasteiger partial charge < -0.3 is 10.6 Å². The molecule has 1 aliphatic carbocycles. The molecule has 1 fully saturated rings. The molecular formula is C27H25FIN5O3. The second-order valence-corrected chi connectivity index (χ2v) is 10.5. The van der Waals surface area contributed by atoms with Crippen molar-refractivity contribution < 1.29 is 14.0 Å². The summed E-state index contributed by atoms with van der Waals surface area (Å²) in [5.41, 5.74) is 2.57. The Kier molecular flexibility index (Phi) is 6.30. The van der Waals surface area contributed by atoms with Crippen LogP contribution in [0.25, 0.3) is 5.70 Å². The van der Waals surface area contributed by atoms with Crippen LogP contribution in [0.15, 0.2) is 53.8 Å². The molecular weight excluding hydrogens is 588 g/mol. The highest BCUT2D eigenvalue weighted by Crippen LogP contribution is 2.48. The highest BCUT2D eigenvalue weighted by molar-refractivity contribution is 14.1. The van der Waals surface area contributed by atoms with Crippen LogP contribution < -0.4 is 21.1 Å². The molecule has 0 bridgehead atoms. The van der Waals surface area contributed by atoms with E-state index in [0.717, 1.165) is 16.4 Å². The van der Waals surface area contributed by atoms with Crippen molar-refractivity contribution >= 4 is 68.8 Å². The van der Waals surface area contributed by atoms with Gasteiger partial charge in [0, 0.05) is 34.8 Å². The molecule has 8 nitrogen and oxygen atoms in total. The van der Waals surface area contributed by atoms with Crippen LogP contribution in [0.1, 0.15) is 30.9 Å². The van der Waals surface area contributed by atoms with Crippen molar-refractivity contribution in [1.29, 1.82) is 0 Å². The zero-order chi connectivity index (χ0) is 26.6. The van der Waals surface area contributed by atoms with Gasteiger partial charge in [-0.1, -0.05) is 12.6 Å². The van der Waals surface area contributed by atoms with Gasteiger partial charge in [-0.05, 0) is 78.8 Å². The summed E-state index contributed by atoms with van der Waals surface area (Å²) in [5.74, 6) is -0.381. The number of hydrogen-bond donors (Lipinski definition) is 2. The molecule has 1 aliphatic heterocycles. The highest BCUT2D eigenvalue weighted by Gasteiger charge is 2.45. The van der Waals surface area contributed by atoms with E-state index in [1.165, 1.54) is 22.5 Å². The standard InChI is InChI=1S/C27H25FIN5O3/c1-14-24-23(25(32(4)26(14)36)31-22-11-8-17(29)12-21(22)28)15(2)33(19-9-10-19)27(37)34(24)20-7-5-6-18(13-20)30-16(3)35/h5-8,11-13,19,31H,2,9-10H2,1,3-4H3,(H,30,35). The average Bonchev–Trinajstić information content (AvgIpc) is 3.67. The third kappa shape index (κ3) is 4.39. The first-order chi connectivity index (χ1) is 17.6. The van der Waals surface area contributed by atoms with Gasteiger partial charge >= 0.3 is 6.03 Å².